The lowest BCUT2D eigenvalue weighted by Gasteiger charge is -2.28. The van der Waals surface area contributed by atoms with Crippen LogP contribution in [0.1, 0.15) is 45.2 Å². The quantitative estimate of drug-likeness (QED) is 0.544. The van der Waals surface area contributed by atoms with Crippen molar-refractivity contribution in [3.05, 3.63) is 24.0 Å². The molecule has 0 aliphatic heterocycles. The van der Waals surface area contributed by atoms with Crippen LogP contribution in [-0.4, -0.2) is 59.5 Å². The number of methoxy groups -OCH3 is 1. The first-order chi connectivity index (χ1) is 12.0. The summed E-state index contributed by atoms with van der Waals surface area (Å²) in [5.41, 5.74) is 1.09. The number of carbonyl (C=O) groups is 2. The Balaban J connectivity index is 2.75. The smallest absolute Gasteiger partial charge is 0.242 e. The normalized spacial score (nSPS) is 10.7. The standard InChI is InChI=1S/C19H33N3O3/c1-5-7-12-21(15-17-10-8-11-20(17)3)19(24)16-22(18(23)6-2)13-9-14-25-4/h8,10-11H,5-7,9,12-16H2,1-4H3. The second kappa shape index (κ2) is 11.7. The lowest BCUT2D eigenvalue weighted by atomic mass is 10.2. The topological polar surface area (TPSA) is 54.8 Å². The third kappa shape index (κ3) is 7.30. The van der Waals surface area contributed by atoms with Crippen LogP contribution >= 0.6 is 0 Å². The molecule has 0 saturated carbocycles. The van der Waals surface area contributed by atoms with Gasteiger partial charge in [-0.2, -0.15) is 0 Å². The van der Waals surface area contributed by atoms with E-state index in [-0.39, 0.29) is 18.4 Å². The maximum atomic E-state index is 12.8. The van der Waals surface area contributed by atoms with Crippen molar-refractivity contribution in [3.63, 3.8) is 0 Å². The third-order valence-corrected chi connectivity index (χ3v) is 4.30. The van der Waals surface area contributed by atoms with Gasteiger partial charge in [0.2, 0.25) is 11.8 Å². The Hall–Kier alpha value is -1.82. The van der Waals surface area contributed by atoms with Gasteiger partial charge in [-0.25, -0.2) is 0 Å². The molecule has 0 aliphatic rings. The van der Waals surface area contributed by atoms with Gasteiger partial charge in [0.05, 0.1) is 13.1 Å². The van der Waals surface area contributed by atoms with Gasteiger partial charge in [-0.1, -0.05) is 20.3 Å². The number of aryl methyl sites for hydroxylation is 1. The highest BCUT2D eigenvalue weighted by Gasteiger charge is 2.20. The van der Waals surface area contributed by atoms with Crippen molar-refractivity contribution < 1.29 is 14.3 Å². The number of unbranched alkanes of at least 4 members (excludes halogenated alkanes) is 1. The number of amides is 2. The fourth-order valence-electron chi connectivity index (χ4n) is 2.68. The number of aromatic nitrogens is 1. The van der Waals surface area contributed by atoms with E-state index in [4.69, 9.17) is 4.74 Å². The summed E-state index contributed by atoms with van der Waals surface area (Å²) in [4.78, 5) is 28.5. The lowest BCUT2D eigenvalue weighted by Crippen LogP contribution is -2.43. The molecule has 0 unspecified atom stereocenters. The Labute approximate surface area is 151 Å². The zero-order valence-electron chi connectivity index (χ0n) is 16.2. The Morgan fingerprint density at radius 3 is 2.40 bits per heavy atom. The highest BCUT2D eigenvalue weighted by atomic mass is 16.5. The summed E-state index contributed by atoms with van der Waals surface area (Å²) >= 11 is 0. The zero-order chi connectivity index (χ0) is 18.7. The van der Waals surface area contributed by atoms with Crippen LogP contribution in [0.15, 0.2) is 18.3 Å². The molecule has 6 nitrogen and oxygen atoms in total. The predicted molar refractivity (Wildman–Crippen MR) is 99.1 cm³/mol. The molecule has 1 aromatic rings. The van der Waals surface area contributed by atoms with E-state index in [1.807, 2.05) is 41.8 Å². The first kappa shape index (κ1) is 21.2. The minimum absolute atomic E-state index is 0.00821. The van der Waals surface area contributed by atoms with Gasteiger partial charge < -0.3 is 19.1 Å². The Morgan fingerprint density at radius 1 is 1.12 bits per heavy atom. The summed E-state index contributed by atoms with van der Waals surface area (Å²) in [5, 5.41) is 0. The molecule has 0 spiro atoms. The number of rotatable bonds is 12. The molecule has 2 amide bonds. The van der Waals surface area contributed by atoms with Crippen LogP contribution in [0, 0.1) is 0 Å². The molecule has 0 radical (unpaired) electrons. The molecule has 0 saturated heterocycles. The summed E-state index contributed by atoms with van der Waals surface area (Å²) in [6.45, 7) is 6.52. The molecular weight excluding hydrogens is 318 g/mol. The minimum Gasteiger partial charge on any atom is -0.385 e. The summed E-state index contributed by atoms with van der Waals surface area (Å²) in [7, 11) is 3.62. The zero-order valence-corrected chi connectivity index (χ0v) is 16.2. The number of nitrogens with zero attached hydrogens (tertiary/aromatic N) is 3. The van der Waals surface area contributed by atoms with Gasteiger partial charge >= 0.3 is 0 Å². The van der Waals surface area contributed by atoms with E-state index in [1.165, 1.54) is 0 Å². The molecule has 6 heteroatoms. The summed E-state index contributed by atoms with van der Waals surface area (Å²) in [6, 6.07) is 4.01. The average molecular weight is 351 g/mol. The van der Waals surface area contributed by atoms with Gasteiger partial charge in [0.1, 0.15) is 0 Å². The van der Waals surface area contributed by atoms with E-state index in [0.717, 1.165) is 25.0 Å². The summed E-state index contributed by atoms with van der Waals surface area (Å²) in [5.74, 6) is 0.0210. The van der Waals surface area contributed by atoms with Crippen LogP contribution < -0.4 is 0 Å². The second-order valence-electron chi connectivity index (χ2n) is 6.29. The minimum atomic E-state index is 0.00821. The van der Waals surface area contributed by atoms with Gasteiger partial charge in [-0.15, -0.1) is 0 Å². The van der Waals surface area contributed by atoms with Crippen molar-refractivity contribution >= 4 is 11.8 Å². The number of carbonyl (C=O) groups excluding carboxylic acids is 2. The summed E-state index contributed by atoms with van der Waals surface area (Å²) in [6.07, 6.45) is 5.12. The SMILES string of the molecule is CCCCN(Cc1cccn1C)C(=O)CN(CCCOC)C(=O)CC. The van der Waals surface area contributed by atoms with Crippen molar-refractivity contribution in [2.24, 2.45) is 7.05 Å². The molecule has 0 bridgehead atoms. The van der Waals surface area contributed by atoms with Crippen molar-refractivity contribution in [1.82, 2.24) is 14.4 Å². The molecule has 1 aromatic heterocycles. The van der Waals surface area contributed by atoms with Gasteiger partial charge in [0.25, 0.3) is 0 Å². The van der Waals surface area contributed by atoms with Gasteiger partial charge in [-0.05, 0) is 25.0 Å². The van der Waals surface area contributed by atoms with Crippen molar-refractivity contribution in [3.8, 4) is 0 Å². The number of hydrogen-bond donors (Lipinski definition) is 0. The fourth-order valence-corrected chi connectivity index (χ4v) is 2.68. The van der Waals surface area contributed by atoms with E-state index < -0.39 is 0 Å². The van der Waals surface area contributed by atoms with Crippen LogP contribution in [-0.2, 0) is 27.9 Å². The van der Waals surface area contributed by atoms with Crippen LogP contribution in [0.25, 0.3) is 0 Å². The first-order valence-electron chi connectivity index (χ1n) is 9.18. The molecule has 0 N–H and O–H groups in total. The average Bonchev–Trinajstić information content (AvgIpc) is 3.01. The molecule has 1 heterocycles. The van der Waals surface area contributed by atoms with Crippen molar-refractivity contribution in [1.29, 1.82) is 0 Å². The molecule has 1 rings (SSSR count). The second-order valence-corrected chi connectivity index (χ2v) is 6.29. The highest BCUT2D eigenvalue weighted by Crippen LogP contribution is 2.09. The van der Waals surface area contributed by atoms with Gasteiger partial charge in [-0.3, -0.25) is 9.59 Å². The largest absolute Gasteiger partial charge is 0.385 e. The Kier molecular flexibility index (Phi) is 9.92. The van der Waals surface area contributed by atoms with E-state index in [2.05, 4.69) is 6.92 Å². The summed E-state index contributed by atoms with van der Waals surface area (Å²) < 4.78 is 7.09. The van der Waals surface area contributed by atoms with Gasteiger partial charge in [0.15, 0.2) is 0 Å². The molecule has 0 aliphatic carbocycles. The fraction of sp³-hybridized carbons (Fsp3) is 0.684. The van der Waals surface area contributed by atoms with E-state index in [0.29, 0.717) is 32.7 Å². The molecule has 0 aromatic carbocycles. The predicted octanol–water partition coefficient (Wildman–Crippen LogP) is 2.43. The molecule has 0 fully saturated rings. The van der Waals surface area contributed by atoms with Crippen LogP contribution in [0.5, 0.6) is 0 Å². The van der Waals surface area contributed by atoms with E-state index in [1.54, 1.807) is 12.0 Å². The molecule has 0 atom stereocenters. The first-order valence-corrected chi connectivity index (χ1v) is 9.18. The Morgan fingerprint density at radius 2 is 1.84 bits per heavy atom. The van der Waals surface area contributed by atoms with Crippen LogP contribution in [0.2, 0.25) is 0 Å². The van der Waals surface area contributed by atoms with Gasteiger partial charge in [0, 0.05) is 52.2 Å². The lowest BCUT2D eigenvalue weighted by molar-refractivity contribution is -0.141. The van der Waals surface area contributed by atoms with Crippen LogP contribution in [0.3, 0.4) is 0 Å². The highest BCUT2D eigenvalue weighted by molar-refractivity contribution is 5.84. The molecule has 25 heavy (non-hydrogen) atoms. The van der Waals surface area contributed by atoms with Crippen molar-refractivity contribution in [2.75, 3.05) is 33.4 Å². The maximum Gasteiger partial charge on any atom is 0.242 e. The third-order valence-electron chi connectivity index (χ3n) is 4.30. The monoisotopic (exact) mass is 351 g/mol. The number of hydrogen-bond acceptors (Lipinski definition) is 3. The molecule has 142 valence electrons. The maximum absolute atomic E-state index is 12.8. The van der Waals surface area contributed by atoms with Crippen molar-refractivity contribution in [2.45, 2.75) is 46.1 Å². The van der Waals surface area contributed by atoms with E-state index >= 15 is 0 Å². The molecular formula is C19H33N3O3. The Bertz CT molecular complexity index is 528. The van der Waals surface area contributed by atoms with E-state index in [9.17, 15) is 9.59 Å². The number of ether oxygens (including phenoxy) is 1. The van der Waals surface area contributed by atoms with Crippen LogP contribution in [0.4, 0.5) is 0 Å².